The molecule has 0 aliphatic heterocycles. The van der Waals surface area contributed by atoms with E-state index in [1.807, 2.05) is 12.1 Å². The molecule has 0 radical (unpaired) electrons. The summed E-state index contributed by atoms with van der Waals surface area (Å²) in [4.78, 5) is 0. The van der Waals surface area contributed by atoms with E-state index in [0.717, 1.165) is 0 Å². The smallest absolute Gasteiger partial charge is 0.0717 e. The number of aliphatic hydroxyl groups is 1. The van der Waals surface area contributed by atoms with Crippen LogP contribution in [-0.4, -0.2) is 30.9 Å². The first-order valence-corrected chi connectivity index (χ1v) is 10.3. The number of aryl methyl sites for hydroxylation is 2. The van der Waals surface area contributed by atoms with Crippen molar-refractivity contribution < 1.29 is 9.84 Å². The minimum absolute atomic E-state index is 0.0536. The van der Waals surface area contributed by atoms with Gasteiger partial charge in [0.15, 0.2) is 0 Å². The summed E-state index contributed by atoms with van der Waals surface area (Å²) in [6.07, 6.45) is 0. The minimum atomic E-state index is 0.0536. The van der Waals surface area contributed by atoms with Crippen molar-refractivity contribution in [2.75, 3.05) is 19.8 Å². The van der Waals surface area contributed by atoms with Gasteiger partial charge < -0.3 is 15.2 Å². The van der Waals surface area contributed by atoms with E-state index in [1.165, 1.54) is 27.8 Å². The van der Waals surface area contributed by atoms with Gasteiger partial charge in [0.1, 0.15) is 0 Å². The minimum Gasteiger partial charge on any atom is -0.395 e. The van der Waals surface area contributed by atoms with Crippen LogP contribution in [0.25, 0.3) is 0 Å². The van der Waals surface area contributed by atoms with Crippen molar-refractivity contribution in [3.05, 3.63) is 107 Å². The van der Waals surface area contributed by atoms with Crippen LogP contribution in [0, 0.1) is 13.8 Å². The molecule has 0 amide bonds. The zero-order chi connectivity index (χ0) is 20.5. The molecule has 2 N–H and O–H groups in total. The van der Waals surface area contributed by atoms with E-state index in [4.69, 9.17) is 4.74 Å². The molecule has 3 aromatic rings. The lowest BCUT2D eigenvalue weighted by Gasteiger charge is -2.29. The average Bonchev–Trinajstić information content (AvgIpc) is 2.73. The molecule has 0 heterocycles. The van der Waals surface area contributed by atoms with Gasteiger partial charge in [-0.1, -0.05) is 90.0 Å². The van der Waals surface area contributed by atoms with Gasteiger partial charge in [-0.25, -0.2) is 0 Å². The SMILES string of the molecule is Cc1cc(C)cc(COCC(NCCO)C(c2ccccc2)c2ccccc2)c1. The molecular formula is C26H31NO2. The largest absolute Gasteiger partial charge is 0.395 e. The molecule has 0 fully saturated rings. The third-order valence-electron chi connectivity index (χ3n) is 5.09. The summed E-state index contributed by atoms with van der Waals surface area (Å²) in [5.41, 5.74) is 6.18. The zero-order valence-corrected chi connectivity index (χ0v) is 17.3. The highest BCUT2D eigenvalue weighted by Crippen LogP contribution is 2.28. The third kappa shape index (κ3) is 6.26. The standard InChI is InChI=1S/C26H31NO2/c1-20-15-21(2)17-22(16-20)18-29-19-25(27-13-14-28)26(23-9-5-3-6-10-23)24-11-7-4-8-12-24/h3-12,15-17,25-28H,13-14,18-19H2,1-2H3. The first kappa shape index (κ1) is 21.3. The second-order valence-corrected chi connectivity index (χ2v) is 7.59. The van der Waals surface area contributed by atoms with E-state index in [-0.39, 0.29) is 18.6 Å². The normalized spacial score (nSPS) is 12.3. The van der Waals surface area contributed by atoms with Gasteiger partial charge in [-0.15, -0.1) is 0 Å². The van der Waals surface area contributed by atoms with Crippen molar-refractivity contribution in [3.8, 4) is 0 Å². The van der Waals surface area contributed by atoms with Gasteiger partial charge in [0.2, 0.25) is 0 Å². The van der Waals surface area contributed by atoms with Crippen LogP contribution >= 0.6 is 0 Å². The predicted octanol–water partition coefficient (Wildman–Crippen LogP) is 4.60. The van der Waals surface area contributed by atoms with Gasteiger partial charge in [-0.05, 0) is 30.5 Å². The Balaban J connectivity index is 1.80. The fraction of sp³-hybridized carbons (Fsp3) is 0.308. The Morgan fingerprint density at radius 3 is 1.90 bits per heavy atom. The Hall–Kier alpha value is -2.46. The summed E-state index contributed by atoms with van der Waals surface area (Å²) in [7, 11) is 0. The van der Waals surface area contributed by atoms with E-state index in [2.05, 4.69) is 85.9 Å². The molecule has 0 bridgehead atoms. The lowest BCUT2D eigenvalue weighted by atomic mass is 9.85. The Labute approximate surface area is 174 Å². The zero-order valence-electron chi connectivity index (χ0n) is 17.3. The first-order valence-electron chi connectivity index (χ1n) is 10.3. The molecule has 0 aliphatic carbocycles. The van der Waals surface area contributed by atoms with Gasteiger partial charge in [0.25, 0.3) is 0 Å². The quantitative estimate of drug-likeness (QED) is 0.532. The molecule has 3 rings (SSSR count). The van der Waals surface area contributed by atoms with Gasteiger partial charge in [-0.2, -0.15) is 0 Å². The summed E-state index contributed by atoms with van der Waals surface area (Å²) in [6, 6.07) is 27.6. The van der Waals surface area contributed by atoms with Crippen molar-refractivity contribution in [1.82, 2.24) is 5.32 Å². The number of benzene rings is 3. The van der Waals surface area contributed by atoms with Crippen molar-refractivity contribution in [3.63, 3.8) is 0 Å². The molecule has 0 aromatic heterocycles. The van der Waals surface area contributed by atoms with Crippen LogP contribution in [0.5, 0.6) is 0 Å². The van der Waals surface area contributed by atoms with E-state index < -0.39 is 0 Å². The van der Waals surface area contributed by atoms with Crippen LogP contribution in [0.3, 0.4) is 0 Å². The molecule has 0 aliphatic rings. The average molecular weight is 390 g/mol. The number of hydrogen-bond acceptors (Lipinski definition) is 3. The van der Waals surface area contributed by atoms with E-state index in [0.29, 0.717) is 19.8 Å². The molecule has 3 nitrogen and oxygen atoms in total. The third-order valence-corrected chi connectivity index (χ3v) is 5.09. The van der Waals surface area contributed by atoms with E-state index in [9.17, 15) is 5.11 Å². The van der Waals surface area contributed by atoms with Gasteiger partial charge >= 0.3 is 0 Å². The van der Waals surface area contributed by atoms with Gasteiger partial charge in [0.05, 0.1) is 19.8 Å². The maximum atomic E-state index is 9.40. The molecular weight excluding hydrogens is 358 g/mol. The second kappa shape index (κ2) is 10.9. The summed E-state index contributed by atoms with van der Waals surface area (Å²) in [5, 5.41) is 12.9. The lowest BCUT2D eigenvalue weighted by molar-refractivity contribution is 0.0924. The molecule has 1 atom stereocenters. The summed E-state index contributed by atoms with van der Waals surface area (Å²) >= 11 is 0. The Kier molecular flexibility index (Phi) is 8.00. The summed E-state index contributed by atoms with van der Waals surface area (Å²) < 4.78 is 6.17. The number of rotatable bonds is 10. The Morgan fingerprint density at radius 2 is 1.38 bits per heavy atom. The van der Waals surface area contributed by atoms with Crippen LogP contribution in [-0.2, 0) is 11.3 Å². The number of hydrogen-bond donors (Lipinski definition) is 2. The van der Waals surface area contributed by atoms with Crippen molar-refractivity contribution in [2.45, 2.75) is 32.4 Å². The second-order valence-electron chi connectivity index (χ2n) is 7.59. The maximum Gasteiger partial charge on any atom is 0.0717 e. The van der Waals surface area contributed by atoms with Crippen molar-refractivity contribution in [1.29, 1.82) is 0 Å². The van der Waals surface area contributed by atoms with Crippen molar-refractivity contribution >= 4 is 0 Å². The molecule has 3 heteroatoms. The van der Waals surface area contributed by atoms with Crippen LogP contribution in [0.4, 0.5) is 0 Å². The van der Waals surface area contributed by atoms with Crippen LogP contribution in [0.15, 0.2) is 78.9 Å². The first-order chi connectivity index (χ1) is 14.2. The summed E-state index contributed by atoms with van der Waals surface area (Å²) in [6.45, 7) is 6.00. The topological polar surface area (TPSA) is 41.5 Å². The predicted molar refractivity (Wildman–Crippen MR) is 119 cm³/mol. The van der Waals surface area contributed by atoms with Crippen molar-refractivity contribution in [2.24, 2.45) is 0 Å². The maximum absolute atomic E-state index is 9.40. The number of ether oxygens (including phenoxy) is 1. The van der Waals surface area contributed by atoms with Crippen LogP contribution < -0.4 is 5.32 Å². The fourth-order valence-electron chi connectivity index (χ4n) is 3.96. The molecule has 152 valence electrons. The van der Waals surface area contributed by atoms with Gasteiger partial charge in [0, 0.05) is 18.5 Å². The Bertz CT molecular complexity index is 805. The molecule has 0 spiro atoms. The van der Waals surface area contributed by atoms with E-state index >= 15 is 0 Å². The molecule has 0 saturated carbocycles. The highest BCUT2D eigenvalue weighted by Gasteiger charge is 2.24. The number of nitrogens with one attached hydrogen (secondary N) is 1. The van der Waals surface area contributed by atoms with Crippen LogP contribution in [0.1, 0.15) is 33.7 Å². The molecule has 1 unspecified atom stereocenters. The van der Waals surface area contributed by atoms with Gasteiger partial charge in [-0.3, -0.25) is 0 Å². The lowest BCUT2D eigenvalue weighted by Crippen LogP contribution is -2.40. The van der Waals surface area contributed by atoms with E-state index in [1.54, 1.807) is 0 Å². The molecule has 0 saturated heterocycles. The summed E-state index contributed by atoms with van der Waals surface area (Å²) in [5.74, 6) is 0.142. The molecule has 3 aromatic carbocycles. The molecule has 29 heavy (non-hydrogen) atoms. The van der Waals surface area contributed by atoms with Crippen LogP contribution in [0.2, 0.25) is 0 Å². The monoisotopic (exact) mass is 389 g/mol. The fourth-order valence-corrected chi connectivity index (χ4v) is 3.96. The number of aliphatic hydroxyl groups excluding tert-OH is 1. The Morgan fingerprint density at radius 1 is 0.828 bits per heavy atom. The highest BCUT2D eigenvalue weighted by molar-refractivity contribution is 5.34. The highest BCUT2D eigenvalue weighted by atomic mass is 16.5.